The lowest BCUT2D eigenvalue weighted by Crippen LogP contribution is -2.33. The maximum atomic E-state index is 13.0. The number of aromatic nitrogens is 4. The minimum Gasteiger partial charge on any atom is -0.334 e. The van der Waals surface area contributed by atoms with E-state index in [2.05, 4.69) is 15.3 Å². The Labute approximate surface area is 185 Å². The Morgan fingerprint density at radius 1 is 1.19 bits per heavy atom. The summed E-state index contributed by atoms with van der Waals surface area (Å²) in [6.07, 6.45) is 2.08. The number of hydrogen-bond donors (Lipinski definition) is 1. The van der Waals surface area contributed by atoms with Crippen LogP contribution in [0.15, 0.2) is 34.4 Å². The number of aryl methyl sites for hydroxylation is 3. The molecule has 1 saturated heterocycles. The molecule has 1 atom stereocenters. The van der Waals surface area contributed by atoms with Gasteiger partial charge in [0.05, 0.1) is 17.4 Å². The van der Waals surface area contributed by atoms with Crippen molar-refractivity contribution >= 4 is 28.2 Å². The SMILES string of the molecule is Cc1csc(Nc2cccc([C@H]3CCCN3C(=O)CCn3c(C)cc(C)nc3=O)n2)n1. The van der Waals surface area contributed by atoms with E-state index in [1.54, 1.807) is 11.5 Å². The van der Waals surface area contributed by atoms with Gasteiger partial charge in [0.1, 0.15) is 5.82 Å². The van der Waals surface area contributed by atoms with Crippen LogP contribution in [0.4, 0.5) is 10.9 Å². The van der Waals surface area contributed by atoms with Gasteiger partial charge in [-0.2, -0.15) is 4.98 Å². The summed E-state index contributed by atoms with van der Waals surface area (Å²) < 4.78 is 1.56. The third-order valence-corrected chi connectivity index (χ3v) is 6.31. The highest BCUT2D eigenvalue weighted by atomic mass is 32.1. The summed E-state index contributed by atoms with van der Waals surface area (Å²) in [5.41, 5.74) is 3.04. The summed E-state index contributed by atoms with van der Waals surface area (Å²) >= 11 is 1.54. The van der Waals surface area contributed by atoms with E-state index in [9.17, 15) is 9.59 Å². The average molecular weight is 439 g/mol. The van der Waals surface area contributed by atoms with E-state index in [1.165, 1.54) is 11.3 Å². The molecule has 1 aliphatic rings. The fourth-order valence-electron chi connectivity index (χ4n) is 4.00. The van der Waals surface area contributed by atoms with E-state index in [4.69, 9.17) is 4.98 Å². The summed E-state index contributed by atoms with van der Waals surface area (Å²) in [4.78, 5) is 40.2. The lowest BCUT2D eigenvalue weighted by Gasteiger charge is -2.25. The van der Waals surface area contributed by atoms with Gasteiger partial charge in [0.2, 0.25) is 5.91 Å². The van der Waals surface area contributed by atoms with Crippen molar-refractivity contribution < 1.29 is 4.79 Å². The highest BCUT2D eigenvalue weighted by molar-refractivity contribution is 7.13. The number of nitrogens with zero attached hydrogens (tertiary/aromatic N) is 5. The predicted molar refractivity (Wildman–Crippen MR) is 121 cm³/mol. The van der Waals surface area contributed by atoms with Crippen molar-refractivity contribution in [3.8, 4) is 0 Å². The Morgan fingerprint density at radius 2 is 2.03 bits per heavy atom. The molecule has 0 spiro atoms. The van der Waals surface area contributed by atoms with Crippen LogP contribution >= 0.6 is 11.3 Å². The number of pyridine rings is 1. The van der Waals surface area contributed by atoms with Crippen molar-refractivity contribution in [3.63, 3.8) is 0 Å². The van der Waals surface area contributed by atoms with E-state index < -0.39 is 0 Å². The molecule has 162 valence electrons. The van der Waals surface area contributed by atoms with E-state index in [0.717, 1.165) is 40.9 Å². The largest absolute Gasteiger partial charge is 0.347 e. The third-order valence-electron chi connectivity index (χ3n) is 5.43. The Bertz CT molecular complexity index is 1150. The highest BCUT2D eigenvalue weighted by Crippen LogP contribution is 2.32. The van der Waals surface area contributed by atoms with Crippen LogP contribution in [0.25, 0.3) is 0 Å². The molecule has 1 amide bonds. The Kier molecular flexibility index (Phi) is 6.13. The normalized spacial score (nSPS) is 16.0. The first-order valence-electron chi connectivity index (χ1n) is 10.4. The molecule has 0 saturated carbocycles. The minimum atomic E-state index is -0.305. The number of thiazole rings is 1. The van der Waals surface area contributed by atoms with Crippen LogP contribution in [0.3, 0.4) is 0 Å². The summed E-state index contributed by atoms with van der Waals surface area (Å²) in [6, 6.07) is 7.62. The lowest BCUT2D eigenvalue weighted by atomic mass is 10.1. The van der Waals surface area contributed by atoms with Crippen molar-refractivity contribution in [1.82, 2.24) is 24.4 Å². The summed E-state index contributed by atoms with van der Waals surface area (Å²) in [7, 11) is 0. The number of carbonyl (C=O) groups excluding carboxylic acids is 1. The number of anilines is 2. The van der Waals surface area contributed by atoms with E-state index in [1.807, 2.05) is 48.4 Å². The first-order valence-corrected chi connectivity index (χ1v) is 11.3. The molecule has 1 aliphatic heterocycles. The number of carbonyl (C=O) groups is 1. The fourth-order valence-corrected chi connectivity index (χ4v) is 4.69. The fraction of sp³-hybridized carbons (Fsp3) is 0.409. The minimum absolute atomic E-state index is 0.0325. The zero-order valence-corrected chi connectivity index (χ0v) is 18.8. The van der Waals surface area contributed by atoms with Gasteiger partial charge in [0.25, 0.3) is 0 Å². The van der Waals surface area contributed by atoms with E-state index in [0.29, 0.717) is 18.8 Å². The number of rotatable bonds is 6. The Hall–Kier alpha value is -3.07. The first kappa shape index (κ1) is 21.2. The molecule has 8 nitrogen and oxygen atoms in total. The molecule has 4 rings (SSSR count). The molecule has 1 fully saturated rings. The van der Waals surface area contributed by atoms with E-state index in [-0.39, 0.29) is 24.1 Å². The van der Waals surface area contributed by atoms with Crippen LogP contribution in [0.5, 0.6) is 0 Å². The molecule has 3 aromatic rings. The number of nitrogens with one attached hydrogen (secondary N) is 1. The second-order valence-corrected chi connectivity index (χ2v) is 8.69. The summed E-state index contributed by atoms with van der Waals surface area (Å²) in [5.74, 6) is 0.754. The van der Waals surface area contributed by atoms with E-state index >= 15 is 0 Å². The van der Waals surface area contributed by atoms with Gasteiger partial charge in [0, 0.05) is 36.3 Å². The molecule has 9 heteroatoms. The average Bonchev–Trinajstić information content (AvgIpc) is 3.36. The predicted octanol–water partition coefficient (Wildman–Crippen LogP) is 3.52. The molecule has 1 N–H and O–H groups in total. The topological polar surface area (TPSA) is 93.0 Å². The number of amides is 1. The van der Waals surface area contributed by atoms with Gasteiger partial charge in [-0.25, -0.2) is 14.8 Å². The monoisotopic (exact) mass is 438 g/mol. The summed E-state index contributed by atoms with van der Waals surface area (Å²) in [5, 5.41) is 6.03. The Morgan fingerprint density at radius 3 is 2.77 bits per heavy atom. The first-order chi connectivity index (χ1) is 14.9. The molecule has 3 aromatic heterocycles. The molecule has 0 radical (unpaired) electrons. The van der Waals surface area contributed by atoms with Crippen LogP contribution in [0, 0.1) is 20.8 Å². The Balaban J connectivity index is 1.46. The second kappa shape index (κ2) is 8.97. The van der Waals surface area contributed by atoms with Gasteiger partial charge in [-0.1, -0.05) is 6.07 Å². The van der Waals surface area contributed by atoms with Gasteiger partial charge in [-0.05, 0) is 51.8 Å². The van der Waals surface area contributed by atoms with Gasteiger partial charge in [-0.15, -0.1) is 11.3 Å². The van der Waals surface area contributed by atoms with Crippen LogP contribution < -0.4 is 11.0 Å². The van der Waals surface area contributed by atoms with Crippen LogP contribution in [-0.4, -0.2) is 36.9 Å². The summed E-state index contributed by atoms with van der Waals surface area (Å²) in [6.45, 7) is 6.65. The number of hydrogen-bond acceptors (Lipinski definition) is 7. The molecular weight excluding hydrogens is 412 g/mol. The quantitative estimate of drug-likeness (QED) is 0.633. The highest BCUT2D eigenvalue weighted by Gasteiger charge is 2.30. The zero-order valence-electron chi connectivity index (χ0n) is 18.0. The molecule has 0 bridgehead atoms. The molecule has 31 heavy (non-hydrogen) atoms. The maximum Gasteiger partial charge on any atom is 0.347 e. The molecule has 0 aliphatic carbocycles. The third kappa shape index (κ3) is 4.82. The van der Waals surface area contributed by atoms with Gasteiger partial charge < -0.3 is 10.2 Å². The van der Waals surface area contributed by atoms with Crippen molar-refractivity contribution in [2.45, 2.75) is 52.6 Å². The van der Waals surface area contributed by atoms with Crippen molar-refractivity contribution in [2.75, 3.05) is 11.9 Å². The molecular formula is C22H26N6O2S. The van der Waals surface area contributed by atoms with Gasteiger partial charge in [-0.3, -0.25) is 9.36 Å². The van der Waals surface area contributed by atoms with Crippen LogP contribution in [0.2, 0.25) is 0 Å². The molecule has 0 aromatic carbocycles. The second-order valence-electron chi connectivity index (χ2n) is 7.84. The van der Waals surface area contributed by atoms with Crippen molar-refractivity contribution in [3.05, 3.63) is 62.9 Å². The van der Waals surface area contributed by atoms with Gasteiger partial charge >= 0.3 is 5.69 Å². The van der Waals surface area contributed by atoms with Crippen LogP contribution in [-0.2, 0) is 11.3 Å². The molecule has 0 unspecified atom stereocenters. The van der Waals surface area contributed by atoms with Crippen LogP contribution in [0.1, 0.15) is 48.1 Å². The standard InChI is InChI=1S/C22H26N6O2S/c1-14-12-16(3)27(22(30)24-14)11-9-20(29)28-10-5-7-18(28)17-6-4-8-19(25-17)26-21-23-15(2)13-31-21/h4,6,8,12-13,18H,5,7,9-11H2,1-3H3,(H,23,25,26)/t18-/m1/s1. The van der Waals surface area contributed by atoms with Crippen molar-refractivity contribution in [2.24, 2.45) is 0 Å². The lowest BCUT2D eigenvalue weighted by molar-refractivity contribution is -0.132. The zero-order chi connectivity index (χ0) is 22.0. The van der Waals surface area contributed by atoms with Gasteiger partial charge in [0.15, 0.2) is 5.13 Å². The molecule has 4 heterocycles. The smallest absolute Gasteiger partial charge is 0.334 e. The number of likely N-dealkylation sites (tertiary alicyclic amines) is 1. The van der Waals surface area contributed by atoms with Crippen molar-refractivity contribution in [1.29, 1.82) is 0 Å². The maximum absolute atomic E-state index is 13.0.